The van der Waals surface area contributed by atoms with E-state index in [1.807, 2.05) is 0 Å². The van der Waals surface area contributed by atoms with Crippen LogP contribution in [-0.4, -0.2) is 71.1 Å². The van der Waals surface area contributed by atoms with Gasteiger partial charge in [-0.05, 0) is 6.42 Å². The van der Waals surface area contributed by atoms with Gasteiger partial charge >= 0.3 is 0 Å². The lowest BCUT2D eigenvalue weighted by molar-refractivity contribution is -0.870. The van der Waals surface area contributed by atoms with Crippen LogP contribution in [0.2, 0.25) is 0 Å². The fourth-order valence-corrected chi connectivity index (χ4v) is 1.52. The van der Waals surface area contributed by atoms with Crippen molar-refractivity contribution in [2.24, 2.45) is 0 Å². The standard InChI is InChI=1S/C15H32N2O3/c1-5-6-7-9-16-15(18)8-11-19-13-14-20-12-10-17(2,3)4/h5-14H2,1-4H3/p+1. The SMILES string of the molecule is CCCCCNC(=O)CCOCCOCC[N+](C)(C)C. The third kappa shape index (κ3) is 15.4. The molecule has 0 rings (SSSR count). The Morgan fingerprint density at radius 3 is 2.25 bits per heavy atom. The Labute approximate surface area is 124 Å². The first kappa shape index (κ1) is 19.4. The van der Waals surface area contributed by atoms with Crippen LogP contribution < -0.4 is 5.32 Å². The second-order valence-electron chi connectivity index (χ2n) is 6.05. The zero-order valence-electron chi connectivity index (χ0n) is 13.7. The summed E-state index contributed by atoms with van der Waals surface area (Å²) in [5, 5.41) is 2.89. The van der Waals surface area contributed by atoms with Gasteiger partial charge in [0.2, 0.25) is 5.91 Å². The molecule has 0 atom stereocenters. The van der Waals surface area contributed by atoms with E-state index in [-0.39, 0.29) is 5.91 Å². The van der Waals surface area contributed by atoms with Gasteiger partial charge in [-0.1, -0.05) is 19.8 Å². The summed E-state index contributed by atoms with van der Waals surface area (Å²) < 4.78 is 11.7. The van der Waals surface area contributed by atoms with E-state index in [1.165, 1.54) is 12.8 Å². The second-order valence-corrected chi connectivity index (χ2v) is 6.05. The van der Waals surface area contributed by atoms with Crippen molar-refractivity contribution in [2.75, 3.05) is 60.7 Å². The molecule has 1 amide bonds. The third-order valence-electron chi connectivity index (χ3n) is 2.85. The quantitative estimate of drug-likeness (QED) is 0.412. The number of amides is 1. The van der Waals surface area contributed by atoms with E-state index < -0.39 is 0 Å². The lowest BCUT2D eigenvalue weighted by Gasteiger charge is -2.23. The van der Waals surface area contributed by atoms with E-state index in [0.29, 0.717) is 26.2 Å². The molecule has 0 aromatic heterocycles. The molecule has 0 aliphatic heterocycles. The summed E-state index contributed by atoms with van der Waals surface area (Å²) in [6.07, 6.45) is 3.84. The van der Waals surface area contributed by atoms with Crippen molar-refractivity contribution < 1.29 is 18.8 Å². The van der Waals surface area contributed by atoms with E-state index in [4.69, 9.17) is 9.47 Å². The molecule has 0 aromatic rings. The molecule has 0 fully saturated rings. The largest absolute Gasteiger partial charge is 0.379 e. The Bertz CT molecular complexity index is 240. The third-order valence-corrected chi connectivity index (χ3v) is 2.85. The van der Waals surface area contributed by atoms with Crippen LogP contribution >= 0.6 is 0 Å². The number of carbonyl (C=O) groups excluding carboxylic acids is 1. The highest BCUT2D eigenvalue weighted by Gasteiger charge is 2.05. The van der Waals surface area contributed by atoms with Crippen molar-refractivity contribution in [1.29, 1.82) is 0 Å². The van der Waals surface area contributed by atoms with Crippen molar-refractivity contribution in [3.8, 4) is 0 Å². The Morgan fingerprint density at radius 2 is 1.65 bits per heavy atom. The van der Waals surface area contributed by atoms with Crippen molar-refractivity contribution >= 4 is 5.91 Å². The topological polar surface area (TPSA) is 47.6 Å². The maximum atomic E-state index is 11.4. The van der Waals surface area contributed by atoms with Gasteiger partial charge in [-0.15, -0.1) is 0 Å². The molecule has 120 valence electrons. The van der Waals surface area contributed by atoms with Crippen LogP contribution in [0.15, 0.2) is 0 Å². The Kier molecular flexibility index (Phi) is 11.7. The maximum absolute atomic E-state index is 11.4. The molecule has 0 spiro atoms. The molecule has 0 saturated heterocycles. The first-order chi connectivity index (χ1) is 9.45. The number of hydrogen-bond donors (Lipinski definition) is 1. The molecule has 0 heterocycles. The van der Waals surface area contributed by atoms with Crippen LogP contribution in [0.3, 0.4) is 0 Å². The van der Waals surface area contributed by atoms with Gasteiger partial charge in [0.1, 0.15) is 6.54 Å². The molecular formula is C15H33N2O3+. The summed E-state index contributed by atoms with van der Waals surface area (Å²) in [6, 6.07) is 0. The second kappa shape index (κ2) is 12.1. The summed E-state index contributed by atoms with van der Waals surface area (Å²) in [5.41, 5.74) is 0. The molecule has 0 aliphatic rings. The van der Waals surface area contributed by atoms with E-state index in [9.17, 15) is 4.79 Å². The minimum Gasteiger partial charge on any atom is -0.379 e. The zero-order chi connectivity index (χ0) is 15.3. The lowest BCUT2D eigenvalue weighted by atomic mass is 10.2. The number of hydrogen-bond acceptors (Lipinski definition) is 3. The van der Waals surface area contributed by atoms with Gasteiger partial charge in [0.25, 0.3) is 0 Å². The molecule has 0 unspecified atom stereocenters. The highest BCUT2D eigenvalue weighted by molar-refractivity contribution is 5.75. The highest BCUT2D eigenvalue weighted by Crippen LogP contribution is 1.92. The van der Waals surface area contributed by atoms with Gasteiger partial charge in [-0.3, -0.25) is 4.79 Å². The predicted molar refractivity (Wildman–Crippen MR) is 81.7 cm³/mol. The van der Waals surface area contributed by atoms with Crippen molar-refractivity contribution in [1.82, 2.24) is 5.32 Å². The van der Waals surface area contributed by atoms with Crippen molar-refractivity contribution in [3.05, 3.63) is 0 Å². The molecule has 0 saturated carbocycles. The van der Waals surface area contributed by atoms with Crippen molar-refractivity contribution in [2.45, 2.75) is 32.6 Å². The molecular weight excluding hydrogens is 256 g/mol. The zero-order valence-corrected chi connectivity index (χ0v) is 13.7. The van der Waals surface area contributed by atoms with Crippen LogP contribution in [0.5, 0.6) is 0 Å². The molecule has 1 N–H and O–H groups in total. The fourth-order valence-electron chi connectivity index (χ4n) is 1.52. The molecule has 0 aromatic carbocycles. The van der Waals surface area contributed by atoms with Gasteiger partial charge in [0.05, 0.1) is 47.6 Å². The molecule has 0 aliphatic carbocycles. The summed E-state index contributed by atoms with van der Waals surface area (Å²) >= 11 is 0. The predicted octanol–water partition coefficient (Wildman–Crippen LogP) is 1.42. The average Bonchev–Trinajstić information content (AvgIpc) is 2.36. The van der Waals surface area contributed by atoms with Crippen LogP contribution in [0, 0.1) is 0 Å². The van der Waals surface area contributed by atoms with E-state index in [1.54, 1.807) is 0 Å². The molecule has 20 heavy (non-hydrogen) atoms. The lowest BCUT2D eigenvalue weighted by Crippen LogP contribution is -2.37. The first-order valence-corrected chi connectivity index (χ1v) is 7.68. The first-order valence-electron chi connectivity index (χ1n) is 7.68. The number of carbonyl (C=O) groups is 1. The number of nitrogens with one attached hydrogen (secondary N) is 1. The molecule has 5 heteroatoms. The summed E-state index contributed by atoms with van der Waals surface area (Å²) in [5.74, 6) is 0.0760. The Balaban J connectivity index is 3.21. The Morgan fingerprint density at radius 1 is 1.00 bits per heavy atom. The molecule has 5 nitrogen and oxygen atoms in total. The minimum atomic E-state index is 0.0760. The van der Waals surface area contributed by atoms with Crippen LogP contribution in [0.1, 0.15) is 32.6 Å². The van der Waals surface area contributed by atoms with E-state index >= 15 is 0 Å². The minimum absolute atomic E-state index is 0.0760. The van der Waals surface area contributed by atoms with Crippen LogP contribution in [0.25, 0.3) is 0 Å². The maximum Gasteiger partial charge on any atom is 0.222 e. The van der Waals surface area contributed by atoms with Crippen molar-refractivity contribution in [3.63, 3.8) is 0 Å². The van der Waals surface area contributed by atoms with Gasteiger partial charge in [0.15, 0.2) is 0 Å². The van der Waals surface area contributed by atoms with Gasteiger partial charge in [-0.2, -0.15) is 0 Å². The number of unbranched alkanes of at least 4 members (excludes halogenated alkanes) is 2. The summed E-state index contributed by atoms with van der Waals surface area (Å²) in [6.45, 7) is 6.28. The molecule has 0 radical (unpaired) electrons. The van der Waals surface area contributed by atoms with Crippen LogP contribution in [-0.2, 0) is 14.3 Å². The van der Waals surface area contributed by atoms with Crippen LogP contribution in [0.4, 0.5) is 0 Å². The Hall–Kier alpha value is -0.650. The van der Waals surface area contributed by atoms with Gasteiger partial charge in [-0.25, -0.2) is 0 Å². The number of ether oxygens (including phenoxy) is 2. The number of rotatable bonds is 13. The van der Waals surface area contributed by atoms with Gasteiger partial charge in [0, 0.05) is 13.0 Å². The van der Waals surface area contributed by atoms with Gasteiger partial charge < -0.3 is 19.3 Å². The molecule has 0 bridgehead atoms. The highest BCUT2D eigenvalue weighted by atomic mass is 16.5. The smallest absolute Gasteiger partial charge is 0.222 e. The number of likely N-dealkylation sites (N-methyl/N-ethyl adjacent to an activating group) is 1. The average molecular weight is 289 g/mol. The summed E-state index contributed by atoms with van der Waals surface area (Å²) in [4.78, 5) is 11.4. The summed E-state index contributed by atoms with van der Waals surface area (Å²) in [7, 11) is 6.41. The monoisotopic (exact) mass is 289 g/mol. The fraction of sp³-hybridized carbons (Fsp3) is 0.933. The number of nitrogens with zero attached hydrogens (tertiary/aromatic N) is 1. The van der Waals surface area contributed by atoms with E-state index in [0.717, 1.165) is 30.6 Å². The van der Waals surface area contributed by atoms with E-state index in [2.05, 4.69) is 33.4 Å². The normalized spacial score (nSPS) is 11.6. The number of quaternary nitrogens is 1.